The van der Waals surface area contributed by atoms with Crippen molar-refractivity contribution in [3.63, 3.8) is 0 Å². The predicted octanol–water partition coefficient (Wildman–Crippen LogP) is 8.65. The van der Waals surface area contributed by atoms with Crippen LogP contribution in [0.1, 0.15) is 49.0 Å². The van der Waals surface area contributed by atoms with Gasteiger partial charge in [0.25, 0.3) is 0 Å². The van der Waals surface area contributed by atoms with Crippen LogP contribution in [0.15, 0.2) is 103 Å². The van der Waals surface area contributed by atoms with Crippen molar-refractivity contribution in [2.45, 2.75) is 45.3 Å². The van der Waals surface area contributed by atoms with Crippen LogP contribution in [0.2, 0.25) is 0 Å². The van der Waals surface area contributed by atoms with Gasteiger partial charge in [0.2, 0.25) is 0 Å². The third-order valence-corrected chi connectivity index (χ3v) is 6.81. The Balaban J connectivity index is 1.82. The number of rotatable bonds is 11. The lowest BCUT2D eigenvalue weighted by molar-refractivity contribution is -0.274. The van der Waals surface area contributed by atoms with Gasteiger partial charge in [-0.3, -0.25) is 9.69 Å². The Bertz CT molecular complexity index is 1430. The summed E-state index contributed by atoms with van der Waals surface area (Å²) in [7, 11) is 0. The fourth-order valence-corrected chi connectivity index (χ4v) is 4.87. The van der Waals surface area contributed by atoms with Crippen LogP contribution in [0, 0.1) is 5.82 Å². The largest absolute Gasteiger partial charge is 0.573 e. The highest BCUT2D eigenvalue weighted by atomic mass is 19.4. The molecule has 0 unspecified atom stereocenters. The number of alkyl halides is 3. The van der Waals surface area contributed by atoms with Crippen LogP contribution < -0.4 is 4.74 Å². The zero-order chi connectivity index (χ0) is 29.4. The first-order valence-corrected chi connectivity index (χ1v) is 13.3. The molecule has 0 fully saturated rings. The molecule has 0 aromatic heterocycles. The summed E-state index contributed by atoms with van der Waals surface area (Å²) in [6.07, 6.45) is -4.97. The zero-order valence-electron chi connectivity index (χ0n) is 22.8. The van der Waals surface area contributed by atoms with Crippen molar-refractivity contribution in [2.75, 3.05) is 6.61 Å². The molecular formula is C33H31F4NO3. The molecule has 0 heterocycles. The molecule has 0 aliphatic carbocycles. The van der Waals surface area contributed by atoms with Crippen molar-refractivity contribution >= 4 is 5.97 Å². The molecule has 214 valence electrons. The van der Waals surface area contributed by atoms with E-state index in [2.05, 4.69) is 4.74 Å². The second kappa shape index (κ2) is 13.5. The standard InChI is InChI=1S/C33H31F4NO3/c1-3-40-32(39)21-31(38(22-24-11-6-4-7-12-24)23(2)25-13-8-5-9-14-25)29-20-27(17-18-30(29)34)26-15-10-16-28(19-26)41-33(35,36)37/h4-20,23,31H,3,21-22H2,1-2H3/t23-,31+/m1/s1. The summed E-state index contributed by atoms with van der Waals surface area (Å²) < 4.78 is 63.6. The molecule has 8 heteroatoms. The minimum absolute atomic E-state index is 0.130. The number of nitrogens with zero attached hydrogens (tertiary/aromatic N) is 1. The molecule has 41 heavy (non-hydrogen) atoms. The van der Waals surface area contributed by atoms with Gasteiger partial charge in [-0.05, 0) is 60.4 Å². The van der Waals surface area contributed by atoms with E-state index in [9.17, 15) is 18.0 Å². The minimum atomic E-state index is -4.84. The highest BCUT2D eigenvalue weighted by Crippen LogP contribution is 2.38. The van der Waals surface area contributed by atoms with Gasteiger partial charge >= 0.3 is 12.3 Å². The minimum Gasteiger partial charge on any atom is -0.466 e. The number of carbonyl (C=O) groups is 1. The maximum atomic E-state index is 15.7. The van der Waals surface area contributed by atoms with Crippen molar-refractivity contribution < 1.29 is 31.8 Å². The van der Waals surface area contributed by atoms with Gasteiger partial charge < -0.3 is 9.47 Å². The first-order valence-electron chi connectivity index (χ1n) is 13.3. The SMILES string of the molecule is CCOC(=O)C[C@@H](c1cc(-c2cccc(OC(F)(F)F)c2)ccc1F)N(Cc1ccccc1)[C@H](C)c1ccccc1. The van der Waals surface area contributed by atoms with E-state index in [0.717, 1.165) is 11.1 Å². The van der Waals surface area contributed by atoms with Crippen LogP contribution in [0.4, 0.5) is 17.6 Å². The van der Waals surface area contributed by atoms with Gasteiger partial charge in [-0.15, -0.1) is 13.2 Å². The van der Waals surface area contributed by atoms with E-state index in [1.54, 1.807) is 19.1 Å². The van der Waals surface area contributed by atoms with Gasteiger partial charge in [-0.25, -0.2) is 4.39 Å². The highest BCUT2D eigenvalue weighted by molar-refractivity contribution is 5.71. The summed E-state index contributed by atoms with van der Waals surface area (Å²) in [4.78, 5) is 14.9. The quantitative estimate of drug-likeness (QED) is 0.135. The number of esters is 1. The molecule has 0 aliphatic heterocycles. The van der Waals surface area contributed by atoms with E-state index in [1.165, 1.54) is 30.3 Å². The monoisotopic (exact) mass is 565 g/mol. The average Bonchev–Trinajstić information content (AvgIpc) is 2.95. The Morgan fingerprint density at radius 3 is 2.17 bits per heavy atom. The maximum absolute atomic E-state index is 15.7. The predicted molar refractivity (Wildman–Crippen MR) is 149 cm³/mol. The van der Waals surface area contributed by atoms with E-state index >= 15 is 4.39 Å². The Morgan fingerprint density at radius 2 is 1.51 bits per heavy atom. The Morgan fingerprint density at radius 1 is 0.854 bits per heavy atom. The number of hydrogen-bond acceptors (Lipinski definition) is 4. The van der Waals surface area contributed by atoms with E-state index in [-0.39, 0.29) is 30.4 Å². The molecule has 4 aromatic rings. The molecule has 0 bridgehead atoms. The van der Waals surface area contributed by atoms with Crippen molar-refractivity contribution in [1.29, 1.82) is 0 Å². The summed E-state index contributed by atoms with van der Waals surface area (Å²) in [6, 6.07) is 28.2. The van der Waals surface area contributed by atoms with Gasteiger partial charge in [0.05, 0.1) is 13.0 Å². The third-order valence-electron chi connectivity index (χ3n) is 6.81. The van der Waals surface area contributed by atoms with Gasteiger partial charge in [0.1, 0.15) is 11.6 Å². The molecule has 0 amide bonds. The molecule has 0 saturated heterocycles. The fourth-order valence-electron chi connectivity index (χ4n) is 4.87. The lowest BCUT2D eigenvalue weighted by atomic mass is 9.93. The Kier molecular flexibility index (Phi) is 9.78. The highest BCUT2D eigenvalue weighted by Gasteiger charge is 2.32. The zero-order valence-corrected chi connectivity index (χ0v) is 22.8. The molecule has 0 aliphatic rings. The van der Waals surface area contributed by atoms with Crippen molar-refractivity contribution in [3.05, 3.63) is 126 Å². The summed E-state index contributed by atoms with van der Waals surface area (Å²) in [6.45, 7) is 4.28. The number of carbonyl (C=O) groups excluding carboxylic acids is 1. The summed E-state index contributed by atoms with van der Waals surface area (Å²) in [5, 5.41) is 0. The molecule has 0 spiro atoms. The topological polar surface area (TPSA) is 38.8 Å². The van der Waals surface area contributed by atoms with Crippen LogP contribution in [0.5, 0.6) is 5.75 Å². The number of hydrogen-bond donors (Lipinski definition) is 0. The van der Waals surface area contributed by atoms with E-state index in [0.29, 0.717) is 17.7 Å². The normalized spacial score (nSPS) is 13.0. The molecule has 4 aromatic carbocycles. The first-order chi connectivity index (χ1) is 19.6. The molecule has 0 radical (unpaired) electrons. The maximum Gasteiger partial charge on any atom is 0.573 e. The lowest BCUT2D eigenvalue weighted by Crippen LogP contribution is -2.33. The smallest absolute Gasteiger partial charge is 0.466 e. The van der Waals surface area contributed by atoms with Gasteiger partial charge in [0.15, 0.2) is 0 Å². The van der Waals surface area contributed by atoms with Crippen molar-refractivity contribution in [3.8, 4) is 16.9 Å². The fraction of sp³-hybridized carbons (Fsp3) is 0.242. The first kappa shape index (κ1) is 29.8. The number of benzene rings is 4. The van der Waals surface area contributed by atoms with E-state index in [4.69, 9.17) is 4.74 Å². The molecular weight excluding hydrogens is 534 g/mol. The third kappa shape index (κ3) is 8.17. The van der Waals surface area contributed by atoms with Gasteiger partial charge in [-0.2, -0.15) is 0 Å². The second-order valence-electron chi connectivity index (χ2n) is 9.58. The lowest BCUT2D eigenvalue weighted by Gasteiger charge is -2.37. The molecule has 2 atom stereocenters. The van der Waals surface area contributed by atoms with Crippen LogP contribution >= 0.6 is 0 Å². The number of halogens is 4. The number of ether oxygens (including phenoxy) is 2. The van der Waals surface area contributed by atoms with Crippen LogP contribution in [-0.4, -0.2) is 23.8 Å². The van der Waals surface area contributed by atoms with E-state index < -0.39 is 24.2 Å². The summed E-state index contributed by atoms with van der Waals surface area (Å²) >= 11 is 0. The average molecular weight is 566 g/mol. The molecule has 4 rings (SSSR count). The molecule has 0 saturated carbocycles. The second-order valence-corrected chi connectivity index (χ2v) is 9.58. The summed E-state index contributed by atoms with van der Waals surface area (Å²) in [5.41, 5.74) is 3.07. The van der Waals surface area contributed by atoms with Crippen LogP contribution in [0.3, 0.4) is 0 Å². The Labute approximate surface area is 237 Å². The summed E-state index contributed by atoms with van der Waals surface area (Å²) in [5.74, 6) is -1.40. The van der Waals surface area contributed by atoms with Crippen LogP contribution in [0.25, 0.3) is 11.1 Å². The Hall–Kier alpha value is -4.17. The van der Waals surface area contributed by atoms with Crippen LogP contribution in [-0.2, 0) is 16.1 Å². The molecule has 4 nitrogen and oxygen atoms in total. The van der Waals surface area contributed by atoms with E-state index in [1.807, 2.05) is 72.5 Å². The molecule has 0 N–H and O–H groups in total. The van der Waals surface area contributed by atoms with Gasteiger partial charge in [-0.1, -0.05) is 78.9 Å². The van der Waals surface area contributed by atoms with Crippen molar-refractivity contribution in [1.82, 2.24) is 4.90 Å². The van der Waals surface area contributed by atoms with Crippen molar-refractivity contribution in [2.24, 2.45) is 0 Å². The van der Waals surface area contributed by atoms with Gasteiger partial charge in [0, 0.05) is 24.2 Å².